The monoisotopic (exact) mass is 493 g/mol. The number of nitrogens with one attached hydrogen (secondary N) is 1. The molecule has 3 aliphatic rings. The molecule has 2 aliphatic carbocycles. The van der Waals surface area contributed by atoms with E-state index in [0.717, 1.165) is 17.0 Å². The van der Waals surface area contributed by atoms with Crippen molar-refractivity contribution in [3.05, 3.63) is 118 Å². The molecule has 0 aromatic heterocycles. The minimum atomic E-state index is -0.819. The summed E-state index contributed by atoms with van der Waals surface area (Å²) in [7, 11) is 0. The van der Waals surface area contributed by atoms with Crippen molar-refractivity contribution in [2.75, 3.05) is 0 Å². The number of allylic oxidation sites excluding steroid dienone is 3. The molecule has 6 heteroatoms. The van der Waals surface area contributed by atoms with E-state index >= 15 is 0 Å². The number of benzene rings is 3. The minimum Gasteiger partial charge on any atom is -0.423 e. The van der Waals surface area contributed by atoms with Crippen LogP contribution in [0.15, 0.2) is 89.6 Å². The number of fused-ring (bicyclic) bond motifs is 2. The Hall–Kier alpha value is -4.32. The van der Waals surface area contributed by atoms with Crippen molar-refractivity contribution in [2.24, 2.45) is 5.41 Å². The van der Waals surface area contributed by atoms with Crippen molar-refractivity contribution < 1.29 is 23.5 Å². The highest BCUT2D eigenvalue weighted by Crippen LogP contribution is 2.51. The van der Waals surface area contributed by atoms with E-state index in [1.807, 2.05) is 24.3 Å². The number of carbonyl (C=O) groups excluding carboxylic acids is 3. The molecule has 1 heterocycles. The maximum Gasteiger partial charge on any atom is 0.346 e. The van der Waals surface area contributed by atoms with Gasteiger partial charge in [0.25, 0.3) is 0 Å². The third kappa shape index (κ3) is 3.80. The van der Waals surface area contributed by atoms with Gasteiger partial charge in [0.15, 0.2) is 11.6 Å². The molecular formula is C31H24FNO4. The van der Waals surface area contributed by atoms with Crippen LogP contribution in [0.25, 0.3) is 5.70 Å². The van der Waals surface area contributed by atoms with E-state index in [2.05, 4.69) is 19.2 Å². The highest BCUT2D eigenvalue weighted by molar-refractivity contribution is 6.23. The summed E-state index contributed by atoms with van der Waals surface area (Å²) in [4.78, 5) is 39.8. The van der Waals surface area contributed by atoms with Gasteiger partial charge in [0, 0.05) is 40.3 Å². The molecule has 1 N–H and O–H groups in total. The molecule has 3 aromatic rings. The molecule has 3 aromatic carbocycles. The standard InChI is InChI=1S/C31H24FNO4/c1-31(2)15-23-26(24(34)16-31)25(27-28(33-23)19-10-3-4-11-20(19)29(27)35)17-8-7-9-18(14-17)37-30(36)21-12-5-6-13-22(21)32/h3-14,25,33H,15-16H2,1-2H3. The van der Waals surface area contributed by atoms with E-state index in [1.165, 1.54) is 18.2 Å². The normalized spacial score (nSPS) is 19.7. The summed E-state index contributed by atoms with van der Waals surface area (Å²) in [5.74, 6) is -2.02. The first-order chi connectivity index (χ1) is 17.7. The maximum absolute atomic E-state index is 14.1. The number of esters is 1. The van der Waals surface area contributed by atoms with E-state index in [4.69, 9.17) is 4.74 Å². The summed E-state index contributed by atoms with van der Waals surface area (Å²) in [6.07, 6.45) is 1.04. The first-order valence-corrected chi connectivity index (χ1v) is 12.2. The van der Waals surface area contributed by atoms with Gasteiger partial charge in [-0.05, 0) is 41.7 Å². The predicted molar refractivity (Wildman–Crippen MR) is 136 cm³/mol. The Balaban J connectivity index is 1.46. The van der Waals surface area contributed by atoms with E-state index in [-0.39, 0.29) is 28.3 Å². The Morgan fingerprint density at radius 2 is 1.65 bits per heavy atom. The fourth-order valence-corrected chi connectivity index (χ4v) is 5.67. The molecule has 0 radical (unpaired) electrons. The predicted octanol–water partition coefficient (Wildman–Crippen LogP) is 5.98. The van der Waals surface area contributed by atoms with Crippen LogP contribution < -0.4 is 10.1 Å². The lowest BCUT2D eigenvalue weighted by molar-refractivity contribution is -0.118. The van der Waals surface area contributed by atoms with Gasteiger partial charge in [-0.2, -0.15) is 0 Å². The average molecular weight is 494 g/mol. The van der Waals surface area contributed by atoms with Crippen LogP contribution in [0, 0.1) is 11.2 Å². The summed E-state index contributed by atoms with van der Waals surface area (Å²) in [6.45, 7) is 4.12. The molecule has 5 nitrogen and oxygen atoms in total. The third-order valence-electron chi connectivity index (χ3n) is 7.22. The molecule has 0 fully saturated rings. The van der Waals surface area contributed by atoms with Crippen LogP contribution in [-0.4, -0.2) is 17.5 Å². The largest absolute Gasteiger partial charge is 0.423 e. The van der Waals surface area contributed by atoms with Crippen LogP contribution in [-0.2, 0) is 4.79 Å². The van der Waals surface area contributed by atoms with Crippen molar-refractivity contribution in [3.8, 4) is 5.75 Å². The Labute approximate surface area is 213 Å². The van der Waals surface area contributed by atoms with Crippen LogP contribution in [0.4, 0.5) is 4.39 Å². The van der Waals surface area contributed by atoms with Crippen LogP contribution in [0.5, 0.6) is 5.75 Å². The van der Waals surface area contributed by atoms with Gasteiger partial charge >= 0.3 is 5.97 Å². The fraction of sp³-hybridized carbons (Fsp3) is 0.194. The second-order valence-corrected chi connectivity index (χ2v) is 10.5. The molecule has 1 atom stereocenters. The summed E-state index contributed by atoms with van der Waals surface area (Å²) in [6, 6.07) is 19.9. The van der Waals surface area contributed by atoms with Gasteiger partial charge in [-0.15, -0.1) is 0 Å². The molecule has 0 spiro atoms. The summed E-state index contributed by atoms with van der Waals surface area (Å²) in [5.41, 5.74) is 4.33. The van der Waals surface area contributed by atoms with E-state index < -0.39 is 17.7 Å². The molecule has 0 saturated heterocycles. The third-order valence-corrected chi connectivity index (χ3v) is 7.22. The molecule has 0 bridgehead atoms. The molecule has 37 heavy (non-hydrogen) atoms. The second-order valence-electron chi connectivity index (χ2n) is 10.5. The lowest BCUT2D eigenvalue weighted by atomic mass is 9.68. The molecule has 1 aliphatic heterocycles. The number of Topliss-reactive ketones (excluding diaryl/α,β-unsaturated/α-hetero) is 2. The number of hydrogen-bond acceptors (Lipinski definition) is 5. The lowest BCUT2D eigenvalue weighted by Crippen LogP contribution is -2.37. The van der Waals surface area contributed by atoms with Gasteiger partial charge < -0.3 is 10.1 Å². The smallest absolute Gasteiger partial charge is 0.346 e. The number of ether oxygens (including phenoxy) is 1. The number of carbonyl (C=O) groups is 3. The highest BCUT2D eigenvalue weighted by atomic mass is 19.1. The summed E-state index contributed by atoms with van der Waals surface area (Å²) < 4.78 is 19.6. The SMILES string of the molecule is CC1(C)CC(=O)C2=C(C1)NC1=C(C(=O)c3ccccc31)C2c1cccc(OC(=O)c2ccccc2F)c1. The van der Waals surface area contributed by atoms with E-state index in [1.54, 1.807) is 30.3 Å². The van der Waals surface area contributed by atoms with E-state index in [9.17, 15) is 18.8 Å². The highest BCUT2D eigenvalue weighted by Gasteiger charge is 2.46. The molecule has 6 rings (SSSR count). The number of ketones is 2. The number of dihydropyridines is 1. The zero-order valence-corrected chi connectivity index (χ0v) is 20.4. The minimum absolute atomic E-state index is 0.00666. The molecule has 184 valence electrons. The Kier molecular flexibility index (Phi) is 5.23. The van der Waals surface area contributed by atoms with Crippen molar-refractivity contribution >= 4 is 23.2 Å². The van der Waals surface area contributed by atoms with Gasteiger partial charge in [-0.25, -0.2) is 9.18 Å². The molecule has 1 unspecified atom stereocenters. The van der Waals surface area contributed by atoms with E-state index in [0.29, 0.717) is 35.1 Å². The van der Waals surface area contributed by atoms with Gasteiger partial charge in [0.05, 0.1) is 11.3 Å². The lowest BCUT2D eigenvalue weighted by Gasteiger charge is -2.39. The Bertz CT molecular complexity index is 1580. The van der Waals surface area contributed by atoms with Gasteiger partial charge in [-0.1, -0.05) is 62.4 Å². The van der Waals surface area contributed by atoms with Crippen molar-refractivity contribution in [2.45, 2.75) is 32.6 Å². The quantitative estimate of drug-likeness (QED) is 0.359. The van der Waals surface area contributed by atoms with Gasteiger partial charge in [0.1, 0.15) is 11.6 Å². The van der Waals surface area contributed by atoms with Crippen molar-refractivity contribution in [3.63, 3.8) is 0 Å². The van der Waals surface area contributed by atoms with Gasteiger partial charge in [-0.3, -0.25) is 9.59 Å². The van der Waals surface area contributed by atoms with Crippen LogP contribution in [0.1, 0.15) is 64.4 Å². The Morgan fingerprint density at radius 1 is 0.919 bits per heavy atom. The fourth-order valence-electron chi connectivity index (χ4n) is 5.67. The molecule has 0 saturated carbocycles. The molecule has 0 amide bonds. The van der Waals surface area contributed by atoms with Crippen LogP contribution >= 0.6 is 0 Å². The summed E-state index contributed by atoms with van der Waals surface area (Å²) in [5, 5.41) is 3.45. The van der Waals surface area contributed by atoms with Crippen LogP contribution in [0.3, 0.4) is 0 Å². The maximum atomic E-state index is 14.1. The number of hydrogen-bond donors (Lipinski definition) is 1. The zero-order valence-electron chi connectivity index (χ0n) is 20.4. The van der Waals surface area contributed by atoms with Crippen LogP contribution in [0.2, 0.25) is 0 Å². The van der Waals surface area contributed by atoms with Crippen molar-refractivity contribution in [1.29, 1.82) is 0 Å². The molecular weight excluding hydrogens is 469 g/mol. The summed E-state index contributed by atoms with van der Waals surface area (Å²) >= 11 is 0. The second kappa shape index (κ2) is 8.37. The zero-order chi connectivity index (χ0) is 25.9. The Morgan fingerprint density at radius 3 is 2.43 bits per heavy atom. The first-order valence-electron chi connectivity index (χ1n) is 12.2. The number of rotatable bonds is 3. The topological polar surface area (TPSA) is 72.5 Å². The average Bonchev–Trinajstić information content (AvgIpc) is 3.14. The van der Waals surface area contributed by atoms with Crippen molar-refractivity contribution in [1.82, 2.24) is 5.32 Å². The van der Waals surface area contributed by atoms with Gasteiger partial charge in [0.2, 0.25) is 0 Å². The number of halogens is 1. The first kappa shape index (κ1) is 23.1.